The van der Waals surface area contributed by atoms with Gasteiger partial charge in [-0.1, -0.05) is 68.9 Å². The van der Waals surface area contributed by atoms with Crippen LogP contribution in [0.2, 0.25) is 0 Å². The van der Waals surface area contributed by atoms with Crippen molar-refractivity contribution in [2.75, 3.05) is 0 Å². The minimum absolute atomic E-state index is 0.746. The van der Waals surface area contributed by atoms with Crippen molar-refractivity contribution in [3.05, 3.63) is 70.8 Å². The largest absolute Gasteiger partial charge is 0.0979 e. The lowest BCUT2D eigenvalue weighted by atomic mass is 9.77. The average molecular weight is 383 g/mol. The molecule has 3 rings (SSSR count). The Hall–Kier alpha value is -2.44. The van der Waals surface area contributed by atoms with Gasteiger partial charge in [0.1, 0.15) is 0 Å². The van der Waals surface area contributed by atoms with Gasteiger partial charge in [-0.15, -0.1) is 0 Å². The molecule has 0 atom stereocenters. The maximum atomic E-state index is 3.31. The van der Waals surface area contributed by atoms with Gasteiger partial charge in [0, 0.05) is 23.1 Å². The van der Waals surface area contributed by atoms with Gasteiger partial charge in [0.2, 0.25) is 0 Å². The van der Waals surface area contributed by atoms with E-state index in [-0.39, 0.29) is 0 Å². The predicted molar refractivity (Wildman–Crippen MR) is 125 cm³/mol. The second-order valence-electron chi connectivity index (χ2n) is 8.36. The number of hydrogen-bond donors (Lipinski definition) is 0. The van der Waals surface area contributed by atoms with E-state index in [1.165, 1.54) is 56.9 Å². The molecule has 0 unspecified atom stereocenters. The zero-order valence-electron chi connectivity index (χ0n) is 18.1. The number of rotatable bonds is 5. The molecule has 0 heteroatoms. The lowest BCUT2D eigenvalue weighted by Crippen LogP contribution is -2.13. The van der Waals surface area contributed by atoms with Gasteiger partial charge in [-0.3, -0.25) is 0 Å². The van der Waals surface area contributed by atoms with Crippen LogP contribution in [-0.4, -0.2) is 0 Å². The Morgan fingerprint density at radius 1 is 0.690 bits per heavy atom. The molecule has 1 aliphatic rings. The second-order valence-corrected chi connectivity index (χ2v) is 8.36. The summed E-state index contributed by atoms with van der Waals surface area (Å²) in [6.45, 7) is 4.50. The van der Waals surface area contributed by atoms with Gasteiger partial charge in [0.15, 0.2) is 0 Å². The molecule has 0 N–H and O–H groups in total. The van der Waals surface area contributed by atoms with Crippen molar-refractivity contribution in [3.8, 4) is 23.7 Å². The summed E-state index contributed by atoms with van der Waals surface area (Å²) in [4.78, 5) is 0. The zero-order valence-corrected chi connectivity index (χ0v) is 18.1. The minimum Gasteiger partial charge on any atom is -0.0979 e. The maximum Gasteiger partial charge on any atom is 0.0249 e. The fraction of sp³-hybridized carbons (Fsp3) is 0.448. The van der Waals surface area contributed by atoms with Crippen LogP contribution < -0.4 is 0 Å². The van der Waals surface area contributed by atoms with Crippen molar-refractivity contribution >= 4 is 0 Å². The van der Waals surface area contributed by atoms with E-state index in [0.717, 1.165) is 34.9 Å². The fourth-order valence-electron chi connectivity index (χ4n) is 4.24. The van der Waals surface area contributed by atoms with Crippen LogP contribution in [0.25, 0.3) is 0 Å². The first-order chi connectivity index (χ1) is 14.3. The van der Waals surface area contributed by atoms with Crippen molar-refractivity contribution in [2.45, 2.75) is 77.6 Å². The molecule has 2 aromatic rings. The third-order valence-electron chi connectivity index (χ3n) is 6.05. The molecule has 0 spiro atoms. The summed E-state index contributed by atoms with van der Waals surface area (Å²) in [6.07, 6.45) is 11.6. The van der Waals surface area contributed by atoms with Gasteiger partial charge in [0.05, 0.1) is 0 Å². The summed E-state index contributed by atoms with van der Waals surface area (Å²) >= 11 is 0. The normalized spacial score (nSPS) is 18.3. The first-order valence-corrected chi connectivity index (χ1v) is 11.5. The van der Waals surface area contributed by atoms with E-state index < -0.39 is 0 Å². The van der Waals surface area contributed by atoms with Crippen LogP contribution in [0.3, 0.4) is 0 Å². The summed E-state index contributed by atoms with van der Waals surface area (Å²) < 4.78 is 0. The molecule has 0 nitrogen and oxygen atoms in total. The van der Waals surface area contributed by atoms with E-state index in [4.69, 9.17) is 0 Å². The van der Waals surface area contributed by atoms with Crippen LogP contribution in [0.1, 0.15) is 99.8 Å². The second kappa shape index (κ2) is 11.5. The Balaban J connectivity index is 1.55. The lowest BCUT2D eigenvalue weighted by Gasteiger charge is -2.28. The first kappa shape index (κ1) is 21.3. The molecule has 1 saturated carbocycles. The average Bonchev–Trinajstić information content (AvgIpc) is 2.77. The summed E-state index contributed by atoms with van der Waals surface area (Å²) in [6, 6.07) is 17.2. The van der Waals surface area contributed by atoms with Gasteiger partial charge in [-0.25, -0.2) is 0 Å². The molecule has 0 aromatic heterocycles. The third-order valence-corrected chi connectivity index (χ3v) is 6.05. The highest BCUT2D eigenvalue weighted by molar-refractivity contribution is 5.46. The number of hydrogen-bond acceptors (Lipinski definition) is 0. The van der Waals surface area contributed by atoms with Crippen LogP contribution >= 0.6 is 0 Å². The standard InChI is InChI=1S/C29H34/c1-3-5-6-7-9-25-10-12-26(13-11-25)14-15-27-18-22-29(23-19-27)28-20-16-24(8-4-2)17-21-28/h10-13,18-19,22-24,28H,3-6,8,16-17,20-21H2,1-2H3. The first-order valence-electron chi connectivity index (χ1n) is 11.5. The molecular formula is C29H34. The Morgan fingerprint density at radius 2 is 1.24 bits per heavy atom. The molecule has 0 amide bonds. The van der Waals surface area contributed by atoms with Gasteiger partial charge >= 0.3 is 0 Å². The molecule has 150 valence electrons. The predicted octanol–water partition coefficient (Wildman–Crippen LogP) is 7.70. The Morgan fingerprint density at radius 3 is 1.79 bits per heavy atom. The summed E-state index contributed by atoms with van der Waals surface area (Å²) in [7, 11) is 0. The molecule has 29 heavy (non-hydrogen) atoms. The van der Waals surface area contributed by atoms with E-state index in [0.29, 0.717) is 0 Å². The SMILES string of the molecule is CCCCC#Cc1ccc(C#Cc2ccc(C3CCC(CCC)CC3)cc2)cc1. The Labute approximate surface area is 178 Å². The maximum absolute atomic E-state index is 3.31. The van der Waals surface area contributed by atoms with E-state index in [9.17, 15) is 0 Å². The van der Waals surface area contributed by atoms with Gasteiger partial charge in [0.25, 0.3) is 0 Å². The van der Waals surface area contributed by atoms with Gasteiger partial charge in [-0.2, -0.15) is 0 Å². The van der Waals surface area contributed by atoms with Crippen LogP contribution in [0.5, 0.6) is 0 Å². The van der Waals surface area contributed by atoms with E-state index in [1.807, 2.05) is 0 Å². The molecule has 1 fully saturated rings. The highest BCUT2D eigenvalue weighted by atomic mass is 14.3. The van der Waals surface area contributed by atoms with Gasteiger partial charge in [-0.05, 0) is 85.9 Å². The van der Waals surface area contributed by atoms with Crippen molar-refractivity contribution in [3.63, 3.8) is 0 Å². The van der Waals surface area contributed by atoms with Gasteiger partial charge < -0.3 is 0 Å². The summed E-state index contributed by atoms with van der Waals surface area (Å²) in [5, 5.41) is 0. The van der Waals surface area contributed by atoms with E-state index >= 15 is 0 Å². The highest BCUT2D eigenvalue weighted by Crippen LogP contribution is 2.37. The van der Waals surface area contributed by atoms with Crippen LogP contribution in [-0.2, 0) is 0 Å². The molecule has 2 aromatic carbocycles. The number of unbranched alkanes of at least 4 members (excludes halogenated alkanes) is 2. The topological polar surface area (TPSA) is 0 Å². The minimum atomic E-state index is 0.746. The molecule has 0 radical (unpaired) electrons. The molecule has 0 saturated heterocycles. The van der Waals surface area contributed by atoms with Crippen LogP contribution in [0.15, 0.2) is 48.5 Å². The molecule has 1 aliphatic carbocycles. The molecule has 0 bridgehead atoms. The van der Waals surface area contributed by atoms with E-state index in [2.05, 4.69) is 86.1 Å². The van der Waals surface area contributed by atoms with Crippen molar-refractivity contribution in [2.24, 2.45) is 5.92 Å². The summed E-state index contributed by atoms with van der Waals surface area (Å²) in [5.74, 6) is 14.8. The molecule has 0 heterocycles. The van der Waals surface area contributed by atoms with E-state index in [1.54, 1.807) is 0 Å². The Bertz CT molecular complexity index is 854. The summed E-state index contributed by atoms with van der Waals surface area (Å²) in [5.41, 5.74) is 4.71. The van der Waals surface area contributed by atoms with Crippen LogP contribution in [0, 0.1) is 29.6 Å². The van der Waals surface area contributed by atoms with Crippen molar-refractivity contribution < 1.29 is 0 Å². The zero-order chi connectivity index (χ0) is 20.3. The Kier molecular flexibility index (Phi) is 8.46. The monoisotopic (exact) mass is 382 g/mol. The number of benzene rings is 2. The quantitative estimate of drug-likeness (QED) is 0.367. The van der Waals surface area contributed by atoms with Crippen molar-refractivity contribution in [1.82, 2.24) is 0 Å². The van der Waals surface area contributed by atoms with Crippen molar-refractivity contribution in [1.29, 1.82) is 0 Å². The lowest BCUT2D eigenvalue weighted by molar-refractivity contribution is 0.308. The molecule has 0 aliphatic heterocycles. The smallest absolute Gasteiger partial charge is 0.0249 e. The third kappa shape index (κ3) is 6.84. The molecular weight excluding hydrogens is 348 g/mol. The van der Waals surface area contributed by atoms with Crippen LogP contribution in [0.4, 0.5) is 0 Å². The highest BCUT2D eigenvalue weighted by Gasteiger charge is 2.21. The fourth-order valence-corrected chi connectivity index (χ4v) is 4.24.